The highest BCUT2D eigenvalue weighted by molar-refractivity contribution is 6.41. The fraction of sp³-hybridized carbons (Fsp3) is 0.143. The van der Waals surface area contributed by atoms with Crippen LogP contribution in [0.3, 0.4) is 0 Å². The van der Waals surface area contributed by atoms with Gasteiger partial charge < -0.3 is 16.0 Å². The first-order valence-electron chi connectivity index (χ1n) is 6.13. The Balaban J connectivity index is 2.14. The van der Waals surface area contributed by atoms with E-state index in [1.807, 2.05) is 0 Å². The van der Waals surface area contributed by atoms with Crippen molar-refractivity contribution in [3.63, 3.8) is 0 Å². The molecule has 0 radical (unpaired) electrons. The van der Waals surface area contributed by atoms with Gasteiger partial charge in [0.15, 0.2) is 0 Å². The summed E-state index contributed by atoms with van der Waals surface area (Å²) in [7, 11) is 0. The fourth-order valence-electron chi connectivity index (χ4n) is 1.85. The third-order valence-corrected chi connectivity index (χ3v) is 3.68. The molecule has 0 aliphatic heterocycles. The van der Waals surface area contributed by atoms with Crippen molar-refractivity contribution in [3.8, 4) is 0 Å². The Hall–Kier alpha value is -1.98. The number of primary amides is 1. The van der Waals surface area contributed by atoms with Gasteiger partial charge in [-0.3, -0.25) is 9.59 Å². The Bertz CT molecular complexity index is 678. The monoisotopic (exact) mass is 325 g/mol. The predicted molar refractivity (Wildman–Crippen MR) is 81.7 cm³/mol. The summed E-state index contributed by atoms with van der Waals surface area (Å²) in [6.45, 7) is 1.80. The Kier molecular flexibility index (Phi) is 4.55. The summed E-state index contributed by atoms with van der Waals surface area (Å²) in [5.74, 6) is -0.862. The van der Waals surface area contributed by atoms with E-state index in [-0.39, 0.29) is 27.8 Å². The molecule has 2 amide bonds. The topological polar surface area (TPSA) is 88.0 Å². The highest BCUT2D eigenvalue weighted by atomic mass is 35.5. The van der Waals surface area contributed by atoms with Crippen LogP contribution in [0.15, 0.2) is 30.3 Å². The van der Waals surface area contributed by atoms with Crippen molar-refractivity contribution < 1.29 is 9.59 Å². The van der Waals surface area contributed by atoms with Crippen molar-refractivity contribution in [1.29, 1.82) is 0 Å². The number of amides is 2. The molecule has 110 valence electrons. The Morgan fingerprint density at radius 2 is 2.00 bits per heavy atom. The van der Waals surface area contributed by atoms with Crippen LogP contribution in [0.4, 0.5) is 0 Å². The van der Waals surface area contributed by atoms with E-state index in [4.69, 9.17) is 28.9 Å². The maximum Gasteiger partial charge on any atom is 0.268 e. The van der Waals surface area contributed by atoms with E-state index >= 15 is 0 Å². The van der Waals surface area contributed by atoms with Crippen molar-refractivity contribution >= 4 is 35.0 Å². The summed E-state index contributed by atoms with van der Waals surface area (Å²) in [6, 6.07) is 7.91. The van der Waals surface area contributed by atoms with Crippen LogP contribution in [0.5, 0.6) is 0 Å². The second-order valence-corrected chi connectivity index (χ2v) is 5.31. The van der Waals surface area contributed by atoms with E-state index in [0.717, 1.165) is 5.56 Å². The number of nitrogens with one attached hydrogen (secondary N) is 2. The maximum absolute atomic E-state index is 12.1. The zero-order chi connectivity index (χ0) is 15.6. The highest BCUT2D eigenvalue weighted by Crippen LogP contribution is 2.22. The van der Waals surface area contributed by atoms with Crippen LogP contribution in [0, 0.1) is 0 Å². The second-order valence-electron chi connectivity index (χ2n) is 4.53. The summed E-state index contributed by atoms with van der Waals surface area (Å²) in [4.78, 5) is 25.9. The minimum atomic E-state index is -0.515. The van der Waals surface area contributed by atoms with Crippen LogP contribution in [0.2, 0.25) is 10.2 Å². The smallest absolute Gasteiger partial charge is 0.268 e. The molecular weight excluding hydrogens is 313 g/mol. The third-order valence-electron chi connectivity index (χ3n) is 2.99. The van der Waals surface area contributed by atoms with E-state index in [2.05, 4.69) is 10.3 Å². The normalized spacial score (nSPS) is 12.0. The first-order chi connectivity index (χ1) is 9.88. The van der Waals surface area contributed by atoms with Crippen LogP contribution in [0.1, 0.15) is 39.4 Å². The van der Waals surface area contributed by atoms with Crippen LogP contribution < -0.4 is 11.1 Å². The molecule has 4 N–H and O–H groups in total. The van der Waals surface area contributed by atoms with Crippen LogP contribution in [0.25, 0.3) is 0 Å². The summed E-state index contributed by atoms with van der Waals surface area (Å²) in [6.07, 6.45) is 0. The number of rotatable bonds is 4. The van der Waals surface area contributed by atoms with Gasteiger partial charge in [-0.15, -0.1) is 0 Å². The van der Waals surface area contributed by atoms with Crippen molar-refractivity contribution in [2.45, 2.75) is 13.0 Å². The summed E-state index contributed by atoms with van der Waals surface area (Å²) in [5.41, 5.74) is 6.66. The molecule has 0 aliphatic carbocycles. The molecule has 1 atom stereocenters. The van der Waals surface area contributed by atoms with Crippen molar-refractivity contribution in [2.24, 2.45) is 5.73 Å². The van der Waals surface area contributed by atoms with Gasteiger partial charge in [0.05, 0.1) is 11.1 Å². The lowest BCUT2D eigenvalue weighted by atomic mass is 10.0. The van der Waals surface area contributed by atoms with Gasteiger partial charge in [-0.1, -0.05) is 35.3 Å². The number of benzene rings is 1. The number of nitrogens with two attached hydrogens (primary N) is 1. The van der Waals surface area contributed by atoms with Gasteiger partial charge in [-0.25, -0.2) is 0 Å². The lowest BCUT2D eigenvalue weighted by molar-refractivity contribution is 0.0935. The van der Waals surface area contributed by atoms with Gasteiger partial charge in [0.1, 0.15) is 10.8 Å². The van der Waals surface area contributed by atoms with E-state index in [1.54, 1.807) is 31.2 Å². The Labute approximate surface area is 131 Å². The summed E-state index contributed by atoms with van der Waals surface area (Å²) in [5, 5.41) is 3.28. The van der Waals surface area contributed by atoms with E-state index in [1.165, 1.54) is 6.07 Å². The van der Waals surface area contributed by atoms with Crippen molar-refractivity contribution in [3.05, 3.63) is 57.3 Å². The summed E-state index contributed by atoms with van der Waals surface area (Å²) >= 11 is 11.6. The zero-order valence-corrected chi connectivity index (χ0v) is 12.6. The molecule has 1 aromatic carbocycles. The molecule has 0 saturated carbocycles. The fourth-order valence-corrected chi connectivity index (χ4v) is 2.16. The largest absolute Gasteiger partial charge is 0.366 e. The number of carbonyl (C=O) groups is 2. The molecule has 0 spiro atoms. The van der Waals surface area contributed by atoms with Gasteiger partial charge >= 0.3 is 0 Å². The van der Waals surface area contributed by atoms with Gasteiger partial charge in [0.2, 0.25) is 5.91 Å². The minimum absolute atomic E-state index is 0.213. The SMILES string of the molecule is CC(NC(=O)c1cc(Cl)c(Cl)[nH]1)c1cccc(C(N)=O)c1. The van der Waals surface area contributed by atoms with Gasteiger partial charge in [-0.2, -0.15) is 0 Å². The van der Waals surface area contributed by atoms with Crippen LogP contribution in [-0.2, 0) is 0 Å². The number of hydrogen-bond acceptors (Lipinski definition) is 2. The number of halogens is 2. The molecule has 21 heavy (non-hydrogen) atoms. The van der Waals surface area contributed by atoms with Gasteiger partial charge in [0.25, 0.3) is 5.91 Å². The lowest BCUT2D eigenvalue weighted by Gasteiger charge is -2.14. The van der Waals surface area contributed by atoms with Gasteiger partial charge in [0, 0.05) is 5.56 Å². The molecule has 2 aromatic rings. The average Bonchev–Trinajstić information content (AvgIpc) is 2.79. The second kappa shape index (κ2) is 6.20. The first-order valence-corrected chi connectivity index (χ1v) is 6.88. The molecule has 5 nitrogen and oxygen atoms in total. The molecule has 0 bridgehead atoms. The van der Waals surface area contributed by atoms with E-state index < -0.39 is 5.91 Å². The molecule has 7 heteroatoms. The molecule has 0 saturated heterocycles. The maximum atomic E-state index is 12.1. The number of aromatic amines is 1. The average molecular weight is 326 g/mol. The molecule has 1 unspecified atom stereocenters. The molecule has 2 rings (SSSR count). The third kappa shape index (κ3) is 3.56. The Morgan fingerprint density at radius 1 is 1.29 bits per heavy atom. The molecular formula is C14H13Cl2N3O2. The van der Waals surface area contributed by atoms with Crippen LogP contribution >= 0.6 is 23.2 Å². The van der Waals surface area contributed by atoms with E-state index in [0.29, 0.717) is 5.56 Å². The molecule has 1 aromatic heterocycles. The number of aromatic nitrogens is 1. The zero-order valence-electron chi connectivity index (χ0n) is 11.1. The number of hydrogen-bond donors (Lipinski definition) is 3. The van der Waals surface area contributed by atoms with Crippen molar-refractivity contribution in [1.82, 2.24) is 10.3 Å². The standard InChI is InChI=1S/C14H13Cl2N3O2/c1-7(8-3-2-4-9(5-8)13(17)20)18-14(21)11-6-10(15)12(16)19-11/h2-7,19H,1H3,(H2,17,20)(H,18,21). The van der Waals surface area contributed by atoms with E-state index in [9.17, 15) is 9.59 Å². The molecule has 0 fully saturated rings. The first kappa shape index (κ1) is 15.4. The highest BCUT2D eigenvalue weighted by Gasteiger charge is 2.15. The van der Waals surface area contributed by atoms with Crippen LogP contribution in [-0.4, -0.2) is 16.8 Å². The Morgan fingerprint density at radius 3 is 2.57 bits per heavy atom. The summed E-state index contributed by atoms with van der Waals surface area (Å²) < 4.78 is 0. The lowest BCUT2D eigenvalue weighted by Crippen LogP contribution is -2.27. The number of carbonyl (C=O) groups excluding carboxylic acids is 2. The number of H-pyrrole nitrogens is 1. The minimum Gasteiger partial charge on any atom is -0.366 e. The predicted octanol–water partition coefficient (Wildman–Crippen LogP) is 2.91. The molecule has 0 aliphatic rings. The quantitative estimate of drug-likeness (QED) is 0.806. The van der Waals surface area contributed by atoms with Crippen molar-refractivity contribution in [2.75, 3.05) is 0 Å². The van der Waals surface area contributed by atoms with Gasteiger partial charge in [-0.05, 0) is 30.7 Å². The molecule has 1 heterocycles.